The van der Waals surface area contributed by atoms with Crippen LogP contribution in [-0.2, 0) is 14.4 Å². The van der Waals surface area contributed by atoms with Crippen molar-refractivity contribution in [2.45, 2.75) is 315 Å². The van der Waals surface area contributed by atoms with Gasteiger partial charge in [-0.1, -0.05) is 271 Å². The number of unbranched alkanes of at least 4 members (excludes halogenated alkanes) is 38. The fourth-order valence-corrected chi connectivity index (χ4v) is 9.12. The highest BCUT2D eigenvalue weighted by Gasteiger charge is 2.45. The molecule has 0 saturated carbocycles. The van der Waals surface area contributed by atoms with E-state index in [2.05, 4.69) is 20.8 Å². The van der Waals surface area contributed by atoms with Gasteiger partial charge in [0, 0.05) is 19.4 Å². The second kappa shape index (κ2) is 44.5. The number of amides is 1. The molecule has 0 bridgehead atoms. The van der Waals surface area contributed by atoms with E-state index in [-0.39, 0.29) is 18.7 Å². The van der Waals surface area contributed by atoms with Crippen LogP contribution < -0.4 is 0 Å². The lowest BCUT2D eigenvalue weighted by Gasteiger charge is -2.41. The largest absolute Gasteiger partial charge is 0.481 e. The van der Waals surface area contributed by atoms with Gasteiger partial charge in [0.15, 0.2) is 0 Å². The zero-order chi connectivity index (χ0) is 43.3. The van der Waals surface area contributed by atoms with Crippen LogP contribution in [0, 0.1) is 0 Å². The summed E-state index contributed by atoms with van der Waals surface area (Å²) in [6, 6.07) is 0. The van der Waals surface area contributed by atoms with E-state index < -0.39 is 17.5 Å². The predicted octanol–water partition coefficient (Wildman–Crippen LogP) is 17.3. The third-order valence-corrected chi connectivity index (χ3v) is 13.1. The van der Waals surface area contributed by atoms with E-state index in [1.165, 1.54) is 199 Å². The first kappa shape index (κ1) is 57.4. The average Bonchev–Trinajstić information content (AvgIpc) is 3.22. The molecule has 6 nitrogen and oxygen atoms in total. The minimum Gasteiger partial charge on any atom is -0.481 e. The number of hydrogen-bond acceptors (Lipinski definition) is 3. The van der Waals surface area contributed by atoms with Crippen molar-refractivity contribution < 1.29 is 24.6 Å². The zero-order valence-corrected chi connectivity index (χ0v) is 40.1. The Hall–Kier alpha value is -1.59. The maximum atomic E-state index is 14.0. The standard InChI is InChI=1S/C53H103NO5/c1-4-7-10-13-16-19-21-23-25-27-29-31-34-37-40-43-47-53(52(58)59,48-46-51(56)57)54(50(55)45-42-39-36-33-18-15-12-9-6-3)49-44-41-38-35-32-30-28-26-24-22-20-17-14-11-8-5-2/h4-49H2,1-3H3,(H,56,57)(H,58,59)/t53-/m0/s1. The van der Waals surface area contributed by atoms with Gasteiger partial charge in [0.2, 0.25) is 5.91 Å². The Labute approximate surface area is 368 Å². The summed E-state index contributed by atoms with van der Waals surface area (Å²) in [6.45, 7) is 7.20. The molecule has 6 heteroatoms. The maximum absolute atomic E-state index is 14.0. The maximum Gasteiger partial charge on any atom is 0.329 e. The molecule has 0 heterocycles. The second-order valence-corrected chi connectivity index (χ2v) is 18.7. The summed E-state index contributed by atoms with van der Waals surface area (Å²) in [4.78, 5) is 40.8. The third kappa shape index (κ3) is 35.7. The normalized spacial score (nSPS) is 12.5. The highest BCUT2D eigenvalue weighted by atomic mass is 16.4. The van der Waals surface area contributed by atoms with Gasteiger partial charge < -0.3 is 15.1 Å². The van der Waals surface area contributed by atoms with Crippen molar-refractivity contribution in [2.75, 3.05) is 6.54 Å². The molecule has 0 aliphatic carbocycles. The quantitative estimate of drug-likeness (QED) is 0.0595. The topological polar surface area (TPSA) is 94.9 Å². The van der Waals surface area contributed by atoms with Gasteiger partial charge in [0.05, 0.1) is 0 Å². The highest BCUT2D eigenvalue weighted by molar-refractivity contribution is 5.87. The Balaban J connectivity index is 4.99. The summed E-state index contributed by atoms with van der Waals surface area (Å²) in [6.07, 6.45) is 51.2. The molecule has 0 radical (unpaired) electrons. The number of carboxylic acid groups (broad SMARTS) is 2. The summed E-state index contributed by atoms with van der Waals surface area (Å²) in [5, 5.41) is 20.6. The van der Waals surface area contributed by atoms with Gasteiger partial charge >= 0.3 is 11.9 Å². The molecule has 0 aromatic carbocycles. The fraction of sp³-hybridized carbons (Fsp3) is 0.943. The van der Waals surface area contributed by atoms with Crippen LogP contribution in [0.4, 0.5) is 0 Å². The second-order valence-electron chi connectivity index (χ2n) is 18.7. The van der Waals surface area contributed by atoms with E-state index in [4.69, 9.17) is 0 Å². The van der Waals surface area contributed by atoms with Crippen molar-refractivity contribution in [1.82, 2.24) is 4.90 Å². The first-order chi connectivity index (χ1) is 28.9. The molecule has 350 valence electrons. The van der Waals surface area contributed by atoms with Crippen LogP contribution in [0.1, 0.15) is 310 Å². The van der Waals surface area contributed by atoms with Crippen molar-refractivity contribution >= 4 is 17.8 Å². The van der Waals surface area contributed by atoms with Crippen LogP contribution in [0.5, 0.6) is 0 Å². The van der Waals surface area contributed by atoms with Crippen LogP contribution in [-0.4, -0.2) is 45.0 Å². The molecule has 59 heavy (non-hydrogen) atoms. The molecule has 1 amide bonds. The first-order valence-electron chi connectivity index (χ1n) is 26.6. The third-order valence-electron chi connectivity index (χ3n) is 13.1. The number of carbonyl (C=O) groups excluding carboxylic acids is 1. The van der Waals surface area contributed by atoms with Gasteiger partial charge in [0.25, 0.3) is 0 Å². The molecule has 0 rings (SSSR count). The Kier molecular flexibility index (Phi) is 43.3. The van der Waals surface area contributed by atoms with Gasteiger partial charge in [-0.2, -0.15) is 0 Å². The smallest absolute Gasteiger partial charge is 0.329 e. The van der Waals surface area contributed by atoms with Gasteiger partial charge in [-0.15, -0.1) is 0 Å². The average molecular weight is 834 g/mol. The zero-order valence-electron chi connectivity index (χ0n) is 40.1. The molecule has 0 aromatic rings. The number of rotatable bonds is 49. The van der Waals surface area contributed by atoms with Crippen LogP contribution in [0.2, 0.25) is 0 Å². The predicted molar refractivity (Wildman–Crippen MR) is 255 cm³/mol. The molecule has 1 atom stereocenters. The lowest BCUT2D eigenvalue weighted by molar-refractivity contribution is -0.162. The molecule has 2 N–H and O–H groups in total. The summed E-state index contributed by atoms with van der Waals surface area (Å²) in [5.41, 5.74) is -1.44. The van der Waals surface area contributed by atoms with Gasteiger partial charge in [0.1, 0.15) is 5.54 Å². The van der Waals surface area contributed by atoms with Crippen molar-refractivity contribution in [2.24, 2.45) is 0 Å². The number of aliphatic carboxylic acids is 2. The van der Waals surface area contributed by atoms with E-state index in [9.17, 15) is 24.6 Å². The number of hydrogen-bond donors (Lipinski definition) is 2. The minimum absolute atomic E-state index is 0.0151. The Morgan fingerprint density at radius 3 is 0.898 bits per heavy atom. The SMILES string of the molecule is CCCCCCCCCCCCCCCCCCN(C(=O)CCCCCCCCCCC)[C@@](CCCCCCCCCCCCCCCCCC)(CCC(=O)O)C(=O)O. The van der Waals surface area contributed by atoms with E-state index >= 15 is 0 Å². The van der Waals surface area contributed by atoms with Crippen molar-refractivity contribution in [1.29, 1.82) is 0 Å². The molecule has 0 spiro atoms. The molecule has 0 aliphatic rings. The van der Waals surface area contributed by atoms with Crippen molar-refractivity contribution in [3.8, 4) is 0 Å². The molecule has 0 saturated heterocycles. The van der Waals surface area contributed by atoms with E-state index in [0.29, 0.717) is 25.8 Å². The molecule has 0 unspecified atom stereocenters. The molecule has 0 aromatic heterocycles. The van der Waals surface area contributed by atoms with E-state index in [1.54, 1.807) is 4.90 Å². The number of carboxylic acids is 2. The van der Waals surface area contributed by atoms with Crippen molar-refractivity contribution in [3.63, 3.8) is 0 Å². The number of nitrogens with zero attached hydrogens (tertiary/aromatic N) is 1. The molecule has 0 aliphatic heterocycles. The minimum atomic E-state index is -1.44. The molecular weight excluding hydrogens is 731 g/mol. The van der Waals surface area contributed by atoms with Crippen LogP contribution in [0.25, 0.3) is 0 Å². The van der Waals surface area contributed by atoms with E-state index in [1.807, 2.05) is 0 Å². The van der Waals surface area contributed by atoms with Crippen molar-refractivity contribution in [3.05, 3.63) is 0 Å². The number of carbonyl (C=O) groups is 3. The molecular formula is C53H103NO5. The Morgan fingerprint density at radius 1 is 0.339 bits per heavy atom. The monoisotopic (exact) mass is 834 g/mol. The highest BCUT2D eigenvalue weighted by Crippen LogP contribution is 2.32. The van der Waals surface area contributed by atoms with E-state index in [0.717, 1.165) is 57.8 Å². The van der Waals surface area contributed by atoms with Crippen LogP contribution in [0.15, 0.2) is 0 Å². The summed E-state index contributed by atoms with van der Waals surface area (Å²) in [7, 11) is 0. The first-order valence-corrected chi connectivity index (χ1v) is 26.6. The lowest BCUT2D eigenvalue weighted by Crippen LogP contribution is -2.57. The summed E-state index contributed by atoms with van der Waals surface area (Å²) < 4.78 is 0. The molecule has 0 fully saturated rings. The summed E-state index contributed by atoms with van der Waals surface area (Å²) in [5.74, 6) is -2.09. The van der Waals surface area contributed by atoms with Gasteiger partial charge in [-0.3, -0.25) is 9.59 Å². The fourth-order valence-electron chi connectivity index (χ4n) is 9.12. The van der Waals surface area contributed by atoms with Crippen LogP contribution in [0.3, 0.4) is 0 Å². The van der Waals surface area contributed by atoms with Gasteiger partial charge in [-0.05, 0) is 25.7 Å². The lowest BCUT2D eigenvalue weighted by atomic mass is 9.84. The Bertz CT molecular complexity index is 924. The summed E-state index contributed by atoms with van der Waals surface area (Å²) >= 11 is 0. The van der Waals surface area contributed by atoms with Crippen LogP contribution >= 0.6 is 0 Å². The van der Waals surface area contributed by atoms with Gasteiger partial charge in [-0.25, -0.2) is 4.79 Å². The Morgan fingerprint density at radius 2 is 0.610 bits per heavy atom.